The summed E-state index contributed by atoms with van der Waals surface area (Å²) in [6.07, 6.45) is 0.944. The van der Waals surface area contributed by atoms with Crippen LogP contribution in [0.15, 0.2) is 18.2 Å². The summed E-state index contributed by atoms with van der Waals surface area (Å²) in [4.78, 5) is 13.7. The molecule has 1 aromatic carbocycles. The molecule has 0 saturated carbocycles. The maximum Gasteiger partial charge on any atom is 0.255 e. The molecular formula is C14H19ClN6O. The van der Waals surface area contributed by atoms with E-state index in [0.29, 0.717) is 28.6 Å². The second-order valence-corrected chi connectivity index (χ2v) is 5.50. The van der Waals surface area contributed by atoms with Crippen LogP contribution in [0.1, 0.15) is 29.5 Å². The van der Waals surface area contributed by atoms with Crippen molar-refractivity contribution in [3.05, 3.63) is 34.6 Å². The predicted octanol–water partition coefficient (Wildman–Crippen LogP) is 2.05. The fourth-order valence-corrected chi connectivity index (χ4v) is 2.17. The number of amides is 1. The largest absolute Gasteiger partial charge is 0.377 e. The monoisotopic (exact) mass is 322 g/mol. The zero-order valence-corrected chi connectivity index (χ0v) is 13.6. The van der Waals surface area contributed by atoms with E-state index in [2.05, 4.69) is 27.8 Å². The van der Waals surface area contributed by atoms with Gasteiger partial charge in [-0.15, -0.1) is 5.10 Å². The van der Waals surface area contributed by atoms with Gasteiger partial charge < -0.3 is 10.2 Å². The summed E-state index contributed by atoms with van der Waals surface area (Å²) in [5.41, 5.74) is 1.22. The number of tetrazole rings is 1. The van der Waals surface area contributed by atoms with Crippen LogP contribution in [0.4, 0.5) is 5.69 Å². The first-order chi connectivity index (χ1) is 10.5. The molecular weight excluding hydrogens is 304 g/mol. The minimum atomic E-state index is -0.0904. The smallest absolute Gasteiger partial charge is 0.255 e. The molecule has 22 heavy (non-hydrogen) atoms. The predicted molar refractivity (Wildman–Crippen MR) is 84.9 cm³/mol. The van der Waals surface area contributed by atoms with E-state index in [4.69, 9.17) is 11.6 Å². The molecule has 0 radical (unpaired) electrons. The van der Waals surface area contributed by atoms with E-state index >= 15 is 0 Å². The average molecular weight is 323 g/mol. The Labute approximate surface area is 134 Å². The molecule has 118 valence electrons. The van der Waals surface area contributed by atoms with Gasteiger partial charge in [-0.2, -0.15) is 0 Å². The van der Waals surface area contributed by atoms with Gasteiger partial charge >= 0.3 is 0 Å². The highest BCUT2D eigenvalue weighted by molar-refractivity contribution is 6.31. The Morgan fingerprint density at radius 2 is 2.18 bits per heavy atom. The molecule has 1 aromatic heterocycles. The van der Waals surface area contributed by atoms with Crippen LogP contribution >= 0.6 is 11.6 Å². The molecule has 2 aromatic rings. The van der Waals surface area contributed by atoms with E-state index in [9.17, 15) is 4.79 Å². The number of halogens is 1. The normalized spacial score (nSPS) is 10.5. The number of benzene rings is 1. The fourth-order valence-electron chi connectivity index (χ4n) is 2.00. The summed E-state index contributed by atoms with van der Waals surface area (Å²) in [6, 6.07) is 5.14. The lowest BCUT2D eigenvalue weighted by atomic mass is 10.1. The number of aryl methyl sites for hydroxylation is 1. The quantitative estimate of drug-likeness (QED) is 0.881. The lowest BCUT2D eigenvalue weighted by Gasteiger charge is -2.15. The molecule has 0 aliphatic carbocycles. The molecule has 1 heterocycles. The van der Waals surface area contributed by atoms with Gasteiger partial charge in [-0.3, -0.25) is 4.79 Å². The molecule has 0 spiro atoms. The van der Waals surface area contributed by atoms with Gasteiger partial charge in [0.05, 0.1) is 12.1 Å². The number of anilines is 1. The summed E-state index contributed by atoms with van der Waals surface area (Å²) < 4.78 is 1.74. The summed E-state index contributed by atoms with van der Waals surface area (Å²) in [6.45, 7) is 3.23. The van der Waals surface area contributed by atoms with Crippen LogP contribution in [0.3, 0.4) is 0 Å². The molecule has 1 amide bonds. The third-order valence-corrected chi connectivity index (χ3v) is 3.33. The first-order valence-corrected chi connectivity index (χ1v) is 7.40. The van der Waals surface area contributed by atoms with Gasteiger partial charge in [0.25, 0.3) is 5.91 Å². The van der Waals surface area contributed by atoms with Gasteiger partial charge in [0.2, 0.25) is 0 Å². The van der Waals surface area contributed by atoms with Crippen LogP contribution < -0.4 is 5.32 Å². The van der Waals surface area contributed by atoms with Gasteiger partial charge in [-0.25, -0.2) is 4.68 Å². The molecule has 0 saturated heterocycles. The number of hydrogen-bond donors (Lipinski definition) is 1. The molecule has 0 aliphatic rings. The summed E-state index contributed by atoms with van der Waals surface area (Å²) in [5.74, 6) is 0.623. The van der Waals surface area contributed by atoms with Crippen molar-refractivity contribution in [3.8, 4) is 0 Å². The van der Waals surface area contributed by atoms with Crippen molar-refractivity contribution in [2.24, 2.45) is 0 Å². The lowest BCUT2D eigenvalue weighted by molar-refractivity contribution is 0.0828. The topological polar surface area (TPSA) is 75.9 Å². The average Bonchev–Trinajstić information content (AvgIpc) is 2.92. The number of carbonyl (C=O) groups is 1. The maximum absolute atomic E-state index is 12.2. The standard InChI is InChI=1S/C14H19ClN6O/c1-4-7-21-13(17-18-19-21)9-16-12-8-10(15)5-6-11(12)14(22)20(2)3/h5-6,8,16H,4,7,9H2,1-3H3. The van der Waals surface area contributed by atoms with Crippen LogP contribution in [0.2, 0.25) is 5.02 Å². The summed E-state index contributed by atoms with van der Waals surface area (Å²) in [5, 5.41) is 15.4. The second-order valence-electron chi connectivity index (χ2n) is 5.06. The van der Waals surface area contributed by atoms with E-state index in [1.165, 1.54) is 4.90 Å². The van der Waals surface area contributed by atoms with Crippen molar-refractivity contribution in [2.45, 2.75) is 26.4 Å². The SMILES string of the molecule is CCCn1nnnc1CNc1cc(Cl)ccc1C(=O)N(C)C. The van der Waals surface area contributed by atoms with Crippen LogP contribution in [-0.2, 0) is 13.1 Å². The van der Waals surface area contributed by atoms with Crippen molar-refractivity contribution in [1.82, 2.24) is 25.1 Å². The third kappa shape index (κ3) is 3.73. The van der Waals surface area contributed by atoms with Crippen LogP contribution in [-0.4, -0.2) is 45.1 Å². The molecule has 2 rings (SSSR count). The van der Waals surface area contributed by atoms with Crippen LogP contribution in [0, 0.1) is 0 Å². The van der Waals surface area contributed by atoms with E-state index in [1.807, 2.05) is 0 Å². The Bertz CT molecular complexity index is 655. The first-order valence-electron chi connectivity index (χ1n) is 7.03. The van der Waals surface area contributed by atoms with E-state index in [0.717, 1.165) is 13.0 Å². The minimum Gasteiger partial charge on any atom is -0.377 e. The van der Waals surface area contributed by atoms with Crippen LogP contribution in [0.5, 0.6) is 0 Å². The van der Waals surface area contributed by atoms with Gasteiger partial charge in [-0.1, -0.05) is 18.5 Å². The van der Waals surface area contributed by atoms with Gasteiger partial charge in [0, 0.05) is 31.4 Å². The first kappa shape index (κ1) is 16.2. The number of nitrogens with zero attached hydrogens (tertiary/aromatic N) is 5. The highest BCUT2D eigenvalue weighted by atomic mass is 35.5. The van der Waals surface area contributed by atoms with Gasteiger partial charge in [0.15, 0.2) is 5.82 Å². The molecule has 0 unspecified atom stereocenters. The molecule has 0 fully saturated rings. The Balaban J connectivity index is 2.20. The zero-order chi connectivity index (χ0) is 16.1. The molecule has 0 atom stereocenters. The highest BCUT2D eigenvalue weighted by Gasteiger charge is 2.14. The van der Waals surface area contributed by atoms with E-state index in [1.54, 1.807) is 37.0 Å². The summed E-state index contributed by atoms with van der Waals surface area (Å²) >= 11 is 6.03. The van der Waals surface area contributed by atoms with Crippen LogP contribution in [0.25, 0.3) is 0 Å². The van der Waals surface area contributed by atoms with Crippen molar-refractivity contribution in [3.63, 3.8) is 0 Å². The molecule has 1 N–H and O–H groups in total. The van der Waals surface area contributed by atoms with E-state index < -0.39 is 0 Å². The number of aromatic nitrogens is 4. The Hall–Kier alpha value is -2.15. The second kappa shape index (κ2) is 7.22. The lowest BCUT2D eigenvalue weighted by Crippen LogP contribution is -2.23. The number of nitrogens with one attached hydrogen (secondary N) is 1. The molecule has 0 bridgehead atoms. The van der Waals surface area contributed by atoms with Crippen molar-refractivity contribution in [2.75, 3.05) is 19.4 Å². The van der Waals surface area contributed by atoms with Gasteiger partial charge in [0.1, 0.15) is 0 Å². The van der Waals surface area contributed by atoms with Crippen molar-refractivity contribution < 1.29 is 4.79 Å². The molecule has 8 heteroatoms. The fraction of sp³-hybridized carbons (Fsp3) is 0.429. The molecule has 7 nitrogen and oxygen atoms in total. The Morgan fingerprint density at radius 3 is 2.86 bits per heavy atom. The Kier molecular flexibility index (Phi) is 5.32. The van der Waals surface area contributed by atoms with Gasteiger partial charge in [-0.05, 0) is 35.0 Å². The van der Waals surface area contributed by atoms with E-state index in [-0.39, 0.29) is 5.91 Å². The number of rotatable bonds is 6. The third-order valence-electron chi connectivity index (χ3n) is 3.10. The van der Waals surface area contributed by atoms with Crippen molar-refractivity contribution >= 4 is 23.2 Å². The maximum atomic E-state index is 12.2. The highest BCUT2D eigenvalue weighted by Crippen LogP contribution is 2.22. The van der Waals surface area contributed by atoms with Crippen molar-refractivity contribution in [1.29, 1.82) is 0 Å². The summed E-state index contributed by atoms with van der Waals surface area (Å²) in [7, 11) is 3.42. The molecule has 0 aliphatic heterocycles. The minimum absolute atomic E-state index is 0.0904. The number of carbonyl (C=O) groups excluding carboxylic acids is 1. The number of hydrogen-bond acceptors (Lipinski definition) is 5. The zero-order valence-electron chi connectivity index (χ0n) is 12.9. The Morgan fingerprint density at radius 1 is 1.41 bits per heavy atom.